The summed E-state index contributed by atoms with van der Waals surface area (Å²) < 4.78 is 11.8. The molecule has 3 nitrogen and oxygen atoms in total. The molecule has 0 spiro atoms. The van der Waals surface area contributed by atoms with Gasteiger partial charge < -0.3 is 9.47 Å². The number of hydrogen-bond acceptors (Lipinski definition) is 3. The van der Waals surface area contributed by atoms with E-state index in [0.717, 1.165) is 5.56 Å². The SMILES string of the molecule is COc1cc(C#N)cc(Br)c1OCc1ccc(C)cc1. The van der Waals surface area contributed by atoms with Gasteiger partial charge in [-0.2, -0.15) is 5.26 Å². The first-order valence-electron chi connectivity index (χ1n) is 6.10. The van der Waals surface area contributed by atoms with E-state index in [9.17, 15) is 0 Å². The first kappa shape index (κ1) is 14.4. The van der Waals surface area contributed by atoms with Crippen molar-refractivity contribution in [3.8, 4) is 17.6 Å². The van der Waals surface area contributed by atoms with E-state index in [1.165, 1.54) is 5.56 Å². The average Bonchev–Trinajstić information content (AvgIpc) is 2.47. The summed E-state index contributed by atoms with van der Waals surface area (Å²) in [5, 5.41) is 8.94. The highest BCUT2D eigenvalue weighted by molar-refractivity contribution is 9.10. The van der Waals surface area contributed by atoms with E-state index in [2.05, 4.69) is 22.0 Å². The van der Waals surface area contributed by atoms with E-state index in [1.807, 2.05) is 31.2 Å². The Labute approximate surface area is 126 Å². The second kappa shape index (κ2) is 6.44. The third-order valence-electron chi connectivity index (χ3n) is 2.86. The number of benzene rings is 2. The number of ether oxygens (including phenoxy) is 2. The van der Waals surface area contributed by atoms with Crippen molar-refractivity contribution in [2.24, 2.45) is 0 Å². The maximum absolute atomic E-state index is 8.94. The Hall–Kier alpha value is -1.99. The van der Waals surface area contributed by atoms with E-state index >= 15 is 0 Å². The summed E-state index contributed by atoms with van der Waals surface area (Å²) >= 11 is 3.41. The van der Waals surface area contributed by atoms with Crippen LogP contribution in [0.25, 0.3) is 0 Å². The van der Waals surface area contributed by atoms with Gasteiger partial charge in [-0.3, -0.25) is 0 Å². The van der Waals surface area contributed by atoms with Gasteiger partial charge in [0.25, 0.3) is 0 Å². The molecule has 20 heavy (non-hydrogen) atoms. The number of halogens is 1. The summed E-state index contributed by atoms with van der Waals surface area (Å²) in [5.74, 6) is 1.15. The van der Waals surface area contributed by atoms with Gasteiger partial charge in [0, 0.05) is 6.07 Å². The van der Waals surface area contributed by atoms with Crippen molar-refractivity contribution in [3.05, 3.63) is 57.6 Å². The molecule has 0 unspecified atom stereocenters. The van der Waals surface area contributed by atoms with Gasteiger partial charge in [-0.25, -0.2) is 0 Å². The fraction of sp³-hybridized carbons (Fsp3) is 0.188. The van der Waals surface area contributed by atoms with E-state index < -0.39 is 0 Å². The van der Waals surface area contributed by atoms with Crippen molar-refractivity contribution in [3.63, 3.8) is 0 Å². The Kier molecular flexibility index (Phi) is 4.65. The molecule has 2 aromatic carbocycles. The van der Waals surface area contributed by atoms with Crippen LogP contribution in [0.3, 0.4) is 0 Å². The highest BCUT2D eigenvalue weighted by atomic mass is 79.9. The molecule has 0 heterocycles. The molecule has 4 heteroatoms. The zero-order valence-electron chi connectivity index (χ0n) is 11.3. The normalized spacial score (nSPS) is 9.90. The number of methoxy groups -OCH3 is 1. The van der Waals surface area contributed by atoms with Gasteiger partial charge >= 0.3 is 0 Å². The lowest BCUT2D eigenvalue weighted by atomic mass is 10.2. The van der Waals surface area contributed by atoms with Crippen molar-refractivity contribution in [2.45, 2.75) is 13.5 Å². The maximum Gasteiger partial charge on any atom is 0.175 e. The minimum Gasteiger partial charge on any atom is -0.493 e. The van der Waals surface area contributed by atoms with Crippen molar-refractivity contribution >= 4 is 15.9 Å². The predicted molar refractivity (Wildman–Crippen MR) is 80.9 cm³/mol. The monoisotopic (exact) mass is 331 g/mol. The fourth-order valence-corrected chi connectivity index (χ4v) is 2.32. The Morgan fingerprint density at radius 2 is 1.90 bits per heavy atom. The van der Waals surface area contributed by atoms with Crippen LogP contribution in [0.15, 0.2) is 40.9 Å². The summed E-state index contributed by atoms with van der Waals surface area (Å²) in [6.45, 7) is 2.49. The highest BCUT2D eigenvalue weighted by Gasteiger charge is 2.11. The van der Waals surface area contributed by atoms with E-state index in [4.69, 9.17) is 14.7 Å². The van der Waals surface area contributed by atoms with Gasteiger partial charge in [0.2, 0.25) is 0 Å². The molecule has 0 aliphatic heterocycles. The van der Waals surface area contributed by atoms with Crippen molar-refractivity contribution in [1.29, 1.82) is 5.26 Å². The summed E-state index contributed by atoms with van der Waals surface area (Å²) in [4.78, 5) is 0. The predicted octanol–water partition coefficient (Wildman–Crippen LogP) is 4.22. The molecule has 2 aromatic rings. The minimum atomic E-state index is 0.446. The van der Waals surface area contributed by atoms with Crippen molar-refractivity contribution in [1.82, 2.24) is 0 Å². The van der Waals surface area contributed by atoms with Gasteiger partial charge in [0.15, 0.2) is 11.5 Å². The Morgan fingerprint density at radius 3 is 2.50 bits per heavy atom. The van der Waals surface area contributed by atoms with Gasteiger partial charge in [-0.15, -0.1) is 0 Å². The molecule has 0 bridgehead atoms. The molecule has 0 amide bonds. The molecule has 0 radical (unpaired) electrons. The lowest BCUT2D eigenvalue weighted by Gasteiger charge is -2.13. The first-order valence-corrected chi connectivity index (χ1v) is 6.89. The van der Waals surface area contributed by atoms with Crippen LogP contribution in [0.1, 0.15) is 16.7 Å². The molecule has 2 rings (SSSR count). The van der Waals surface area contributed by atoms with Gasteiger partial charge in [-0.05, 0) is 34.5 Å². The van der Waals surface area contributed by atoms with Gasteiger partial charge in [0.05, 0.1) is 23.2 Å². The summed E-state index contributed by atoms with van der Waals surface area (Å²) in [6.07, 6.45) is 0. The first-order chi connectivity index (χ1) is 9.63. The lowest BCUT2D eigenvalue weighted by molar-refractivity contribution is 0.282. The lowest BCUT2D eigenvalue weighted by Crippen LogP contribution is -1.99. The van der Waals surface area contributed by atoms with Crippen LogP contribution in [-0.4, -0.2) is 7.11 Å². The molecular weight excluding hydrogens is 318 g/mol. The largest absolute Gasteiger partial charge is 0.493 e. The second-order valence-electron chi connectivity index (χ2n) is 4.38. The zero-order chi connectivity index (χ0) is 14.5. The highest BCUT2D eigenvalue weighted by Crippen LogP contribution is 2.37. The van der Waals surface area contributed by atoms with Gasteiger partial charge in [-0.1, -0.05) is 29.8 Å². The van der Waals surface area contributed by atoms with E-state index in [1.54, 1.807) is 19.2 Å². The van der Waals surface area contributed by atoms with Crippen LogP contribution < -0.4 is 9.47 Å². The summed E-state index contributed by atoms with van der Waals surface area (Å²) in [6, 6.07) is 13.6. The molecular formula is C16H14BrNO2. The topological polar surface area (TPSA) is 42.2 Å². The van der Waals surface area contributed by atoms with Crippen LogP contribution in [0, 0.1) is 18.3 Å². The number of nitrogens with zero attached hydrogens (tertiary/aromatic N) is 1. The van der Waals surface area contributed by atoms with E-state index in [-0.39, 0.29) is 0 Å². The van der Waals surface area contributed by atoms with Crippen LogP contribution >= 0.6 is 15.9 Å². The Balaban J connectivity index is 2.21. The third kappa shape index (κ3) is 3.31. The number of hydrogen-bond donors (Lipinski definition) is 0. The average molecular weight is 332 g/mol. The van der Waals surface area contributed by atoms with Crippen LogP contribution in [0.2, 0.25) is 0 Å². The quantitative estimate of drug-likeness (QED) is 0.842. The molecule has 0 aliphatic carbocycles. The van der Waals surface area contributed by atoms with Crippen molar-refractivity contribution < 1.29 is 9.47 Å². The molecule has 0 saturated heterocycles. The Morgan fingerprint density at radius 1 is 1.20 bits per heavy atom. The third-order valence-corrected chi connectivity index (χ3v) is 3.45. The molecule has 0 aliphatic rings. The summed E-state index contributed by atoms with van der Waals surface area (Å²) in [5.41, 5.74) is 2.82. The fourth-order valence-electron chi connectivity index (χ4n) is 1.76. The van der Waals surface area contributed by atoms with Gasteiger partial charge in [0.1, 0.15) is 6.61 Å². The van der Waals surface area contributed by atoms with E-state index in [0.29, 0.717) is 28.1 Å². The number of rotatable bonds is 4. The zero-order valence-corrected chi connectivity index (χ0v) is 12.9. The maximum atomic E-state index is 8.94. The molecule has 0 atom stereocenters. The second-order valence-corrected chi connectivity index (χ2v) is 5.23. The summed E-state index contributed by atoms with van der Waals surface area (Å²) in [7, 11) is 1.56. The molecule has 0 saturated carbocycles. The molecule has 0 fully saturated rings. The van der Waals surface area contributed by atoms with Crippen LogP contribution in [-0.2, 0) is 6.61 Å². The smallest absolute Gasteiger partial charge is 0.175 e. The van der Waals surface area contributed by atoms with Crippen molar-refractivity contribution in [2.75, 3.05) is 7.11 Å². The van der Waals surface area contributed by atoms with Crippen LogP contribution in [0.4, 0.5) is 0 Å². The minimum absolute atomic E-state index is 0.446. The Bertz CT molecular complexity index is 645. The van der Waals surface area contributed by atoms with Crippen LogP contribution in [0.5, 0.6) is 11.5 Å². The standard InChI is InChI=1S/C16H14BrNO2/c1-11-3-5-12(6-4-11)10-20-16-14(17)7-13(9-18)8-15(16)19-2/h3-8H,10H2,1-2H3. The number of nitriles is 1. The number of aryl methyl sites for hydroxylation is 1. The molecule has 102 valence electrons. The molecule has 0 aromatic heterocycles. The molecule has 0 N–H and O–H groups in total.